The van der Waals surface area contributed by atoms with Gasteiger partial charge in [-0.25, -0.2) is 0 Å². The van der Waals surface area contributed by atoms with Crippen LogP contribution < -0.4 is 10.6 Å². The first kappa shape index (κ1) is 24.8. The van der Waals surface area contributed by atoms with Crippen LogP contribution in [-0.4, -0.2) is 67.0 Å². The zero-order valence-corrected chi connectivity index (χ0v) is 20.5. The predicted octanol–water partition coefficient (Wildman–Crippen LogP) is 3.03. The summed E-state index contributed by atoms with van der Waals surface area (Å²) in [4.78, 5) is 28.1. The van der Waals surface area contributed by atoms with Gasteiger partial charge in [-0.2, -0.15) is 0 Å². The molecule has 0 aromatic heterocycles. The van der Waals surface area contributed by atoms with Gasteiger partial charge in [0.25, 0.3) is 0 Å². The van der Waals surface area contributed by atoms with Crippen LogP contribution in [0.5, 0.6) is 0 Å². The Labute approximate surface area is 193 Å². The van der Waals surface area contributed by atoms with Crippen LogP contribution in [0.15, 0.2) is 0 Å². The Morgan fingerprint density at radius 3 is 2.55 bits per heavy atom. The van der Waals surface area contributed by atoms with Crippen LogP contribution in [0.2, 0.25) is 0 Å². The molecule has 2 heterocycles. The maximum atomic E-state index is 13.2. The number of alkyl halides is 1. The lowest BCUT2D eigenvalue weighted by Gasteiger charge is -2.45. The molecule has 3 aliphatic rings. The van der Waals surface area contributed by atoms with Crippen molar-refractivity contribution < 1.29 is 14.3 Å². The minimum atomic E-state index is -0.151. The number of hydrogen-bond donors (Lipinski definition) is 2. The smallest absolute Gasteiger partial charge is 0.225 e. The van der Waals surface area contributed by atoms with Gasteiger partial charge in [0, 0.05) is 49.7 Å². The van der Waals surface area contributed by atoms with Crippen LogP contribution in [0.1, 0.15) is 59.8 Å². The Balaban J connectivity index is 1.59. The molecule has 7 unspecified atom stereocenters. The lowest BCUT2D eigenvalue weighted by Crippen LogP contribution is -2.54. The molecule has 1 aliphatic carbocycles. The number of nitrogens with zero attached hydrogens (tertiary/aromatic N) is 1. The van der Waals surface area contributed by atoms with Gasteiger partial charge in [-0.15, -0.1) is 11.6 Å². The number of amides is 2. The van der Waals surface area contributed by atoms with Crippen molar-refractivity contribution in [2.24, 2.45) is 29.6 Å². The molecule has 7 heteroatoms. The minimum Gasteiger partial charge on any atom is -0.381 e. The first-order valence-corrected chi connectivity index (χ1v) is 12.8. The van der Waals surface area contributed by atoms with Gasteiger partial charge >= 0.3 is 0 Å². The fraction of sp³-hybridized carbons (Fsp3) is 0.917. The van der Waals surface area contributed by atoms with Crippen LogP contribution in [0.4, 0.5) is 0 Å². The van der Waals surface area contributed by atoms with Crippen molar-refractivity contribution in [1.29, 1.82) is 0 Å². The van der Waals surface area contributed by atoms with Crippen LogP contribution in [0, 0.1) is 29.6 Å². The quantitative estimate of drug-likeness (QED) is 0.579. The molecule has 2 N–H and O–H groups in total. The molecule has 2 amide bonds. The minimum absolute atomic E-state index is 0.0124. The van der Waals surface area contributed by atoms with E-state index in [9.17, 15) is 9.59 Å². The second-order valence-electron chi connectivity index (χ2n) is 10.2. The summed E-state index contributed by atoms with van der Waals surface area (Å²) in [5.41, 5.74) is 0. The van der Waals surface area contributed by atoms with Crippen molar-refractivity contribution in [3.63, 3.8) is 0 Å². The van der Waals surface area contributed by atoms with Gasteiger partial charge in [0.1, 0.15) is 0 Å². The third kappa shape index (κ3) is 6.35. The summed E-state index contributed by atoms with van der Waals surface area (Å²) in [5.74, 6) is 1.04. The van der Waals surface area contributed by atoms with Gasteiger partial charge < -0.3 is 20.3 Å². The zero-order valence-electron chi connectivity index (χ0n) is 19.7. The Morgan fingerprint density at radius 2 is 1.90 bits per heavy atom. The van der Waals surface area contributed by atoms with E-state index in [1.807, 2.05) is 6.92 Å². The summed E-state index contributed by atoms with van der Waals surface area (Å²) >= 11 is 6.68. The number of halogens is 1. The molecule has 6 nitrogen and oxygen atoms in total. The van der Waals surface area contributed by atoms with Crippen molar-refractivity contribution >= 4 is 23.4 Å². The lowest BCUT2D eigenvalue weighted by molar-refractivity contribution is -0.132. The molecular formula is C24H42ClN3O3. The second-order valence-corrected chi connectivity index (χ2v) is 10.8. The SMILES string of the molecule is CCN(CC1CCOCC1)C1CC(Cl)CC(C(=O)NCC2C(=O)NC(C)CC2C)C1C. The molecule has 2 saturated heterocycles. The van der Waals surface area contributed by atoms with E-state index in [1.54, 1.807) is 0 Å². The Hall–Kier alpha value is -0.850. The number of hydrogen-bond acceptors (Lipinski definition) is 4. The molecule has 1 saturated carbocycles. The molecule has 0 spiro atoms. The number of carbonyl (C=O) groups excluding carboxylic acids is 2. The van der Waals surface area contributed by atoms with Crippen LogP contribution >= 0.6 is 11.6 Å². The van der Waals surface area contributed by atoms with Crippen LogP contribution in [0.25, 0.3) is 0 Å². The van der Waals surface area contributed by atoms with E-state index in [0.29, 0.717) is 24.9 Å². The summed E-state index contributed by atoms with van der Waals surface area (Å²) < 4.78 is 5.52. The first-order chi connectivity index (χ1) is 14.8. The Kier molecular flexibility index (Phi) is 9.06. The largest absolute Gasteiger partial charge is 0.381 e. The average molecular weight is 456 g/mol. The van der Waals surface area contributed by atoms with E-state index in [2.05, 4.69) is 36.3 Å². The summed E-state index contributed by atoms with van der Waals surface area (Å²) in [6.07, 6.45) is 4.83. The molecule has 0 aromatic carbocycles. The molecule has 31 heavy (non-hydrogen) atoms. The van der Waals surface area contributed by atoms with Crippen LogP contribution in [0.3, 0.4) is 0 Å². The van der Waals surface area contributed by atoms with E-state index < -0.39 is 0 Å². The van der Waals surface area contributed by atoms with Gasteiger partial charge in [0.2, 0.25) is 11.8 Å². The maximum absolute atomic E-state index is 13.2. The van der Waals surface area contributed by atoms with Gasteiger partial charge in [-0.1, -0.05) is 20.8 Å². The third-order valence-electron chi connectivity index (χ3n) is 7.93. The summed E-state index contributed by atoms with van der Waals surface area (Å²) in [7, 11) is 0. The van der Waals surface area contributed by atoms with E-state index in [1.165, 1.54) is 0 Å². The number of ether oxygens (including phenoxy) is 1. The molecule has 3 rings (SSSR count). The van der Waals surface area contributed by atoms with Gasteiger partial charge in [0.15, 0.2) is 0 Å². The molecule has 0 bridgehead atoms. The summed E-state index contributed by atoms with van der Waals surface area (Å²) in [5, 5.41) is 6.15. The fourth-order valence-electron chi connectivity index (χ4n) is 5.94. The van der Waals surface area contributed by atoms with E-state index >= 15 is 0 Å². The number of carbonyl (C=O) groups is 2. The van der Waals surface area contributed by atoms with E-state index in [4.69, 9.17) is 16.3 Å². The van der Waals surface area contributed by atoms with Crippen LogP contribution in [-0.2, 0) is 14.3 Å². The molecule has 0 radical (unpaired) electrons. The molecule has 2 aliphatic heterocycles. The van der Waals surface area contributed by atoms with Crippen molar-refractivity contribution in [1.82, 2.24) is 15.5 Å². The molecular weight excluding hydrogens is 414 g/mol. The number of nitrogens with one attached hydrogen (secondary N) is 2. The van der Waals surface area contributed by atoms with E-state index in [-0.39, 0.29) is 46.9 Å². The standard InChI is InChI=1S/C24H42ClN3O3/c1-5-28(14-18-6-8-31-9-7-18)22-12-19(25)11-20(17(22)4)23(29)26-13-21-15(2)10-16(3)27-24(21)30/h15-22H,5-14H2,1-4H3,(H,26,29)(H,27,30). The first-order valence-electron chi connectivity index (χ1n) is 12.3. The number of piperidine rings is 1. The number of rotatable bonds is 7. The molecule has 7 atom stereocenters. The summed E-state index contributed by atoms with van der Waals surface area (Å²) in [6.45, 7) is 12.7. The highest BCUT2D eigenvalue weighted by atomic mass is 35.5. The maximum Gasteiger partial charge on any atom is 0.225 e. The lowest BCUT2D eigenvalue weighted by atomic mass is 9.75. The molecule has 0 aromatic rings. The average Bonchev–Trinajstić information content (AvgIpc) is 2.73. The molecule has 178 valence electrons. The van der Waals surface area contributed by atoms with Gasteiger partial charge in [-0.05, 0) is 63.3 Å². The van der Waals surface area contributed by atoms with Gasteiger partial charge in [0.05, 0.1) is 5.92 Å². The zero-order chi connectivity index (χ0) is 22.5. The van der Waals surface area contributed by atoms with E-state index in [0.717, 1.165) is 52.0 Å². The predicted molar refractivity (Wildman–Crippen MR) is 124 cm³/mol. The summed E-state index contributed by atoms with van der Waals surface area (Å²) in [6, 6.07) is 0.527. The highest BCUT2D eigenvalue weighted by Gasteiger charge is 2.41. The van der Waals surface area contributed by atoms with Crippen molar-refractivity contribution in [2.75, 3.05) is 32.8 Å². The van der Waals surface area contributed by atoms with Gasteiger partial charge in [-0.3, -0.25) is 9.59 Å². The topological polar surface area (TPSA) is 70.7 Å². The Bertz CT molecular complexity index is 613. The monoisotopic (exact) mass is 455 g/mol. The Morgan fingerprint density at radius 1 is 1.19 bits per heavy atom. The van der Waals surface area contributed by atoms with Crippen molar-refractivity contribution in [3.05, 3.63) is 0 Å². The van der Waals surface area contributed by atoms with Crippen molar-refractivity contribution in [3.8, 4) is 0 Å². The second kappa shape index (κ2) is 11.3. The third-order valence-corrected chi connectivity index (χ3v) is 8.28. The fourth-order valence-corrected chi connectivity index (χ4v) is 6.32. The molecule has 3 fully saturated rings. The highest BCUT2D eigenvalue weighted by molar-refractivity contribution is 6.20. The highest BCUT2D eigenvalue weighted by Crippen LogP contribution is 2.37. The normalized spacial score (nSPS) is 37.5. The van der Waals surface area contributed by atoms with Crippen molar-refractivity contribution in [2.45, 2.75) is 77.3 Å².